The van der Waals surface area contributed by atoms with Crippen LogP contribution in [0.2, 0.25) is 0 Å². The van der Waals surface area contributed by atoms with Crippen LogP contribution in [-0.4, -0.2) is 4.98 Å². The maximum atomic E-state index is 6.18. The van der Waals surface area contributed by atoms with Crippen LogP contribution in [0, 0.1) is 0 Å². The van der Waals surface area contributed by atoms with Gasteiger partial charge >= 0.3 is 0 Å². The van der Waals surface area contributed by atoms with E-state index in [1.54, 1.807) is 0 Å². The van der Waals surface area contributed by atoms with E-state index >= 15 is 0 Å². The molecule has 2 heterocycles. The first-order valence-electron chi connectivity index (χ1n) is 12.7. The highest BCUT2D eigenvalue weighted by molar-refractivity contribution is 6.11. The van der Waals surface area contributed by atoms with Crippen LogP contribution in [0.1, 0.15) is 0 Å². The summed E-state index contributed by atoms with van der Waals surface area (Å²) >= 11 is 0. The van der Waals surface area contributed by atoms with Gasteiger partial charge in [-0.05, 0) is 70.8 Å². The van der Waals surface area contributed by atoms with Gasteiger partial charge in [0.2, 0.25) is 0 Å². The molecule has 0 unspecified atom stereocenters. The summed E-state index contributed by atoms with van der Waals surface area (Å²) in [5.41, 5.74) is 10.4. The van der Waals surface area contributed by atoms with E-state index in [0.717, 1.165) is 39.1 Å². The minimum atomic E-state index is 0.786. The van der Waals surface area contributed by atoms with Crippen LogP contribution in [0.5, 0.6) is 0 Å². The lowest BCUT2D eigenvalue weighted by molar-refractivity contribution is 0.668. The summed E-state index contributed by atoms with van der Waals surface area (Å²) < 4.78 is 6.18. The third-order valence-electron chi connectivity index (χ3n) is 6.94. The number of rotatable bonds is 5. The molecule has 0 bridgehead atoms. The number of hydrogen-bond acceptors (Lipinski definition) is 3. The van der Waals surface area contributed by atoms with Gasteiger partial charge in [0.05, 0.1) is 11.1 Å². The molecule has 7 rings (SSSR count). The Bertz CT molecular complexity index is 1760. The second-order valence-corrected chi connectivity index (χ2v) is 9.26. The van der Waals surface area contributed by atoms with E-state index in [1.165, 1.54) is 22.3 Å². The van der Waals surface area contributed by atoms with E-state index in [-0.39, 0.29) is 0 Å². The van der Waals surface area contributed by atoms with Gasteiger partial charge in [0, 0.05) is 17.6 Å². The number of nitrogens with zero attached hydrogens (tertiary/aromatic N) is 2. The van der Waals surface area contributed by atoms with Crippen molar-refractivity contribution in [3.8, 4) is 22.3 Å². The van der Waals surface area contributed by atoms with Gasteiger partial charge in [-0.15, -0.1) is 0 Å². The molecule has 38 heavy (non-hydrogen) atoms. The van der Waals surface area contributed by atoms with Gasteiger partial charge in [-0.2, -0.15) is 0 Å². The number of furan rings is 1. The van der Waals surface area contributed by atoms with Crippen molar-refractivity contribution in [3.05, 3.63) is 146 Å². The van der Waals surface area contributed by atoms with E-state index in [0.29, 0.717) is 0 Å². The zero-order chi connectivity index (χ0) is 25.3. The monoisotopic (exact) mass is 488 g/mol. The molecule has 0 radical (unpaired) electrons. The molecule has 0 N–H and O–H groups in total. The first-order valence-corrected chi connectivity index (χ1v) is 12.7. The summed E-state index contributed by atoms with van der Waals surface area (Å²) in [6.07, 6.45) is 1.82. The van der Waals surface area contributed by atoms with Crippen LogP contribution in [0.25, 0.3) is 44.3 Å². The average molecular weight is 489 g/mol. The summed E-state index contributed by atoms with van der Waals surface area (Å²) in [6.45, 7) is 0. The molecule has 0 fully saturated rings. The minimum Gasteiger partial charge on any atom is -0.454 e. The van der Waals surface area contributed by atoms with Gasteiger partial charge in [-0.3, -0.25) is 4.98 Å². The standard InChI is InChI=1S/C35H24N2O/c1-3-9-25(10-4-1)27-16-20-29(21-17-27)37(30-22-18-28(19-23-30)26-11-5-2-6-12-26)31-13-7-14-32-34(31)35-33(38-32)15-8-24-36-35/h1-24H. The SMILES string of the molecule is c1ccc(-c2ccc(N(c3ccc(-c4ccccc4)cc3)c3cccc4oc5cccnc5c34)cc2)cc1. The lowest BCUT2D eigenvalue weighted by atomic mass is 10.0. The van der Waals surface area contributed by atoms with E-state index in [2.05, 4.69) is 113 Å². The summed E-state index contributed by atoms with van der Waals surface area (Å²) in [5.74, 6) is 0. The van der Waals surface area contributed by atoms with Crippen molar-refractivity contribution in [2.75, 3.05) is 4.90 Å². The highest BCUT2D eigenvalue weighted by atomic mass is 16.3. The van der Waals surface area contributed by atoms with Crippen molar-refractivity contribution in [1.82, 2.24) is 4.98 Å². The van der Waals surface area contributed by atoms with Crippen LogP contribution < -0.4 is 4.90 Å². The van der Waals surface area contributed by atoms with Gasteiger partial charge < -0.3 is 9.32 Å². The fraction of sp³-hybridized carbons (Fsp3) is 0. The lowest BCUT2D eigenvalue weighted by Crippen LogP contribution is -2.10. The van der Waals surface area contributed by atoms with Crippen LogP contribution in [-0.2, 0) is 0 Å². The molecule has 0 atom stereocenters. The fourth-order valence-electron chi connectivity index (χ4n) is 5.10. The number of hydrogen-bond donors (Lipinski definition) is 0. The molecule has 0 amide bonds. The number of aromatic nitrogens is 1. The molecule has 3 heteroatoms. The number of pyridine rings is 1. The Morgan fingerprint density at radius 1 is 0.447 bits per heavy atom. The second-order valence-electron chi connectivity index (χ2n) is 9.26. The highest BCUT2D eigenvalue weighted by Crippen LogP contribution is 2.42. The maximum absolute atomic E-state index is 6.18. The molecule has 0 aliphatic heterocycles. The zero-order valence-electron chi connectivity index (χ0n) is 20.7. The van der Waals surface area contributed by atoms with Gasteiger partial charge in [-0.1, -0.05) is 91.0 Å². The fourth-order valence-corrected chi connectivity index (χ4v) is 5.10. The molecular weight excluding hydrogens is 464 g/mol. The van der Waals surface area contributed by atoms with Crippen LogP contribution >= 0.6 is 0 Å². The molecule has 180 valence electrons. The largest absolute Gasteiger partial charge is 0.454 e. The number of benzene rings is 5. The predicted octanol–water partition coefficient (Wildman–Crippen LogP) is 9.78. The summed E-state index contributed by atoms with van der Waals surface area (Å²) in [6, 6.07) is 48.5. The molecule has 0 aliphatic carbocycles. The molecule has 3 nitrogen and oxygen atoms in total. The normalized spacial score (nSPS) is 11.2. The first kappa shape index (κ1) is 22.1. The summed E-state index contributed by atoms with van der Waals surface area (Å²) in [5, 5.41) is 1.00. The Hall–Kier alpha value is -5.15. The van der Waals surface area contributed by atoms with Gasteiger partial charge in [0.25, 0.3) is 0 Å². The third-order valence-corrected chi connectivity index (χ3v) is 6.94. The van der Waals surface area contributed by atoms with Crippen molar-refractivity contribution >= 4 is 39.1 Å². The van der Waals surface area contributed by atoms with Gasteiger partial charge in [-0.25, -0.2) is 0 Å². The molecule has 2 aromatic heterocycles. The van der Waals surface area contributed by atoms with Crippen molar-refractivity contribution in [3.63, 3.8) is 0 Å². The first-order chi connectivity index (χ1) is 18.8. The minimum absolute atomic E-state index is 0.786. The van der Waals surface area contributed by atoms with Crippen LogP contribution in [0.3, 0.4) is 0 Å². The second kappa shape index (κ2) is 9.38. The number of fused-ring (bicyclic) bond motifs is 3. The topological polar surface area (TPSA) is 29.3 Å². The predicted molar refractivity (Wildman–Crippen MR) is 157 cm³/mol. The van der Waals surface area contributed by atoms with Crippen LogP contribution in [0.4, 0.5) is 17.1 Å². The Labute approximate surface area is 221 Å². The zero-order valence-corrected chi connectivity index (χ0v) is 20.7. The lowest BCUT2D eigenvalue weighted by Gasteiger charge is -2.26. The Morgan fingerprint density at radius 3 is 1.55 bits per heavy atom. The molecule has 7 aromatic rings. The summed E-state index contributed by atoms with van der Waals surface area (Å²) in [7, 11) is 0. The summed E-state index contributed by atoms with van der Waals surface area (Å²) in [4.78, 5) is 6.97. The number of anilines is 3. The molecular formula is C35H24N2O. The van der Waals surface area contributed by atoms with Crippen molar-refractivity contribution < 1.29 is 4.42 Å². The molecule has 0 saturated carbocycles. The van der Waals surface area contributed by atoms with Crippen LogP contribution in [0.15, 0.2) is 150 Å². The van der Waals surface area contributed by atoms with E-state index in [9.17, 15) is 0 Å². The van der Waals surface area contributed by atoms with E-state index in [1.807, 2.05) is 42.6 Å². The van der Waals surface area contributed by atoms with Crippen molar-refractivity contribution in [2.24, 2.45) is 0 Å². The Kier molecular flexibility index (Phi) is 5.45. The van der Waals surface area contributed by atoms with E-state index in [4.69, 9.17) is 4.42 Å². The maximum Gasteiger partial charge on any atom is 0.153 e. The van der Waals surface area contributed by atoms with Crippen molar-refractivity contribution in [2.45, 2.75) is 0 Å². The molecule has 0 spiro atoms. The van der Waals surface area contributed by atoms with E-state index < -0.39 is 0 Å². The van der Waals surface area contributed by atoms with Gasteiger partial charge in [0.1, 0.15) is 11.1 Å². The van der Waals surface area contributed by atoms with Crippen molar-refractivity contribution in [1.29, 1.82) is 0 Å². The molecule has 0 saturated heterocycles. The Morgan fingerprint density at radius 2 is 0.974 bits per heavy atom. The third kappa shape index (κ3) is 3.91. The Balaban J connectivity index is 1.40. The highest BCUT2D eigenvalue weighted by Gasteiger charge is 2.20. The smallest absolute Gasteiger partial charge is 0.153 e. The quantitative estimate of drug-likeness (QED) is 0.241. The van der Waals surface area contributed by atoms with Gasteiger partial charge in [0.15, 0.2) is 5.58 Å². The average Bonchev–Trinajstić information content (AvgIpc) is 3.38. The molecule has 0 aliphatic rings. The molecule has 5 aromatic carbocycles.